The van der Waals surface area contributed by atoms with Crippen LogP contribution in [-0.2, 0) is 4.79 Å². The molecule has 3 aromatic rings. The van der Waals surface area contributed by atoms with Crippen molar-refractivity contribution < 1.29 is 18.4 Å². The van der Waals surface area contributed by atoms with Crippen molar-refractivity contribution in [2.75, 3.05) is 35.6 Å². The molecule has 1 aromatic heterocycles. The summed E-state index contributed by atoms with van der Waals surface area (Å²) >= 11 is 7.28. The SMILES string of the molecule is CC1CN(c2cc(Cl)nc(SCC(=O)Nc3ccccc3F)n2)CCN1C(=O)c1ccccc1F. The molecule has 0 spiro atoms. The summed E-state index contributed by atoms with van der Waals surface area (Å²) in [6, 6.07) is 13.3. The lowest BCUT2D eigenvalue weighted by atomic mass is 10.1. The van der Waals surface area contributed by atoms with Crippen LogP contribution in [0.25, 0.3) is 0 Å². The van der Waals surface area contributed by atoms with Crippen LogP contribution in [0.15, 0.2) is 59.8 Å². The molecule has 0 saturated carbocycles. The van der Waals surface area contributed by atoms with Crippen molar-refractivity contribution in [3.63, 3.8) is 0 Å². The van der Waals surface area contributed by atoms with Crippen LogP contribution in [0.2, 0.25) is 5.15 Å². The summed E-state index contributed by atoms with van der Waals surface area (Å²) in [5.74, 6) is -1.29. The van der Waals surface area contributed by atoms with Crippen LogP contribution in [0, 0.1) is 11.6 Å². The molecule has 4 rings (SSSR count). The summed E-state index contributed by atoms with van der Waals surface area (Å²) in [6.07, 6.45) is 0. The molecule has 0 bridgehead atoms. The Balaban J connectivity index is 1.39. The van der Waals surface area contributed by atoms with Crippen LogP contribution in [0.1, 0.15) is 17.3 Å². The van der Waals surface area contributed by atoms with Gasteiger partial charge in [-0.15, -0.1) is 0 Å². The second-order valence-corrected chi connectivity index (χ2v) is 9.25. The quantitative estimate of drug-likeness (QED) is 0.295. The molecule has 1 unspecified atom stereocenters. The molecular weight excluding hydrogens is 496 g/mol. The molecule has 11 heteroatoms. The highest BCUT2D eigenvalue weighted by Crippen LogP contribution is 2.25. The summed E-state index contributed by atoms with van der Waals surface area (Å²) in [6.45, 7) is 3.20. The maximum absolute atomic E-state index is 14.1. The number of para-hydroxylation sites is 1. The van der Waals surface area contributed by atoms with Crippen LogP contribution >= 0.6 is 23.4 Å². The maximum atomic E-state index is 14.1. The second kappa shape index (κ2) is 11.0. The molecule has 1 N–H and O–H groups in total. The fourth-order valence-corrected chi connectivity index (χ4v) is 4.63. The number of rotatable bonds is 6. The van der Waals surface area contributed by atoms with Gasteiger partial charge in [0.05, 0.1) is 17.0 Å². The number of amides is 2. The molecule has 1 atom stereocenters. The normalized spacial score (nSPS) is 15.7. The first-order valence-corrected chi connectivity index (χ1v) is 12.2. The van der Waals surface area contributed by atoms with Gasteiger partial charge in [0.1, 0.15) is 22.6 Å². The van der Waals surface area contributed by atoms with Gasteiger partial charge in [-0.25, -0.2) is 18.7 Å². The van der Waals surface area contributed by atoms with Gasteiger partial charge < -0.3 is 15.1 Å². The van der Waals surface area contributed by atoms with Crippen molar-refractivity contribution in [1.82, 2.24) is 14.9 Å². The van der Waals surface area contributed by atoms with E-state index in [9.17, 15) is 18.4 Å². The van der Waals surface area contributed by atoms with E-state index < -0.39 is 17.5 Å². The van der Waals surface area contributed by atoms with E-state index in [1.807, 2.05) is 11.8 Å². The molecule has 2 amide bonds. The highest BCUT2D eigenvalue weighted by atomic mass is 35.5. The number of hydrogen-bond donors (Lipinski definition) is 1. The van der Waals surface area contributed by atoms with Crippen LogP contribution in [0.3, 0.4) is 0 Å². The van der Waals surface area contributed by atoms with Gasteiger partial charge in [-0.3, -0.25) is 9.59 Å². The number of hydrogen-bond acceptors (Lipinski definition) is 6. The fraction of sp³-hybridized carbons (Fsp3) is 0.250. The average Bonchev–Trinajstić information content (AvgIpc) is 2.84. The zero-order valence-corrected chi connectivity index (χ0v) is 20.3. The predicted octanol–water partition coefficient (Wildman–Crippen LogP) is 4.49. The van der Waals surface area contributed by atoms with Crippen molar-refractivity contribution >= 4 is 46.7 Å². The van der Waals surface area contributed by atoms with Gasteiger partial charge in [-0.05, 0) is 31.2 Å². The Morgan fingerprint density at radius 2 is 1.80 bits per heavy atom. The van der Waals surface area contributed by atoms with Gasteiger partial charge in [0.25, 0.3) is 5.91 Å². The Labute approximate surface area is 210 Å². The molecule has 2 aromatic carbocycles. The maximum Gasteiger partial charge on any atom is 0.257 e. The lowest BCUT2D eigenvalue weighted by Gasteiger charge is -2.40. The Morgan fingerprint density at radius 1 is 1.09 bits per heavy atom. The zero-order valence-electron chi connectivity index (χ0n) is 18.7. The van der Waals surface area contributed by atoms with Crippen molar-refractivity contribution in [2.24, 2.45) is 0 Å². The van der Waals surface area contributed by atoms with E-state index in [0.717, 1.165) is 11.8 Å². The second-order valence-electron chi connectivity index (χ2n) is 7.92. The number of benzene rings is 2. The lowest BCUT2D eigenvalue weighted by molar-refractivity contribution is -0.113. The number of nitrogens with one attached hydrogen (secondary N) is 1. The summed E-state index contributed by atoms with van der Waals surface area (Å²) in [4.78, 5) is 37.3. The van der Waals surface area contributed by atoms with Gasteiger partial charge in [0.2, 0.25) is 5.91 Å². The third kappa shape index (κ3) is 6.07. The van der Waals surface area contributed by atoms with E-state index in [1.165, 1.54) is 30.3 Å². The molecule has 7 nitrogen and oxygen atoms in total. The third-order valence-corrected chi connectivity index (χ3v) is 6.50. The minimum Gasteiger partial charge on any atom is -0.353 e. The van der Waals surface area contributed by atoms with E-state index in [4.69, 9.17) is 11.6 Å². The van der Waals surface area contributed by atoms with Gasteiger partial charge in [-0.2, -0.15) is 0 Å². The van der Waals surface area contributed by atoms with Gasteiger partial charge in [0, 0.05) is 31.7 Å². The Morgan fingerprint density at radius 3 is 2.51 bits per heavy atom. The largest absolute Gasteiger partial charge is 0.353 e. The van der Waals surface area contributed by atoms with Gasteiger partial charge in [-0.1, -0.05) is 47.6 Å². The molecule has 0 aliphatic carbocycles. The summed E-state index contributed by atoms with van der Waals surface area (Å²) < 4.78 is 27.8. The topological polar surface area (TPSA) is 78.4 Å². The number of carbonyl (C=O) groups excluding carboxylic acids is 2. The van der Waals surface area contributed by atoms with E-state index in [2.05, 4.69) is 15.3 Å². The Bertz CT molecular complexity index is 1250. The van der Waals surface area contributed by atoms with Crippen LogP contribution < -0.4 is 10.2 Å². The predicted molar refractivity (Wildman–Crippen MR) is 132 cm³/mol. The fourth-order valence-electron chi connectivity index (χ4n) is 3.75. The van der Waals surface area contributed by atoms with Crippen molar-refractivity contribution in [3.05, 3.63) is 76.9 Å². The first kappa shape index (κ1) is 24.9. The van der Waals surface area contributed by atoms with Gasteiger partial charge in [0.15, 0.2) is 5.16 Å². The van der Waals surface area contributed by atoms with E-state index in [0.29, 0.717) is 30.6 Å². The molecular formula is C24H22ClF2N5O2S. The number of halogens is 3. The Kier molecular flexibility index (Phi) is 7.82. The number of carbonyl (C=O) groups is 2. The molecule has 0 radical (unpaired) electrons. The number of aromatic nitrogens is 2. The minimum absolute atomic E-state index is 0.0323. The van der Waals surface area contributed by atoms with Crippen molar-refractivity contribution in [1.29, 1.82) is 0 Å². The van der Waals surface area contributed by atoms with E-state index in [-0.39, 0.29) is 34.1 Å². The van der Waals surface area contributed by atoms with E-state index >= 15 is 0 Å². The number of piperazine rings is 1. The summed E-state index contributed by atoms with van der Waals surface area (Å²) in [5.41, 5.74) is 0.146. The minimum atomic E-state index is -0.546. The number of thioether (sulfide) groups is 1. The highest BCUT2D eigenvalue weighted by molar-refractivity contribution is 7.99. The monoisotopic (exact) mass is 517 g/mol. The molecule has 1 aliphatic heterocycles. The number of nitrogens with zero attached hydrogens (tertiary/aromatic N) is 4. The molecule has 182 valence electrons. The smallest absolute Gasteiger partial charge is 0.257 e. The highest BCUT2D eigenvalue weighted by Gasteiger charge is 2.30. The van der Waals surface area contributed by atoms with Crippen LogP contribution in [-0.4, -0.2) is 58.1 Å². The van der Waals surface area contributed by atoms with Crippen LogP contribution in [0.4, 0.5) is 20.3 Å². The van der Waals surface area contributed by atoms with Crippen molar-refractivity contribution in [2.45, 2.75) is 18.1 Å². The van der Waals surface area contributed by atoms with Gasteiger partial charge >= 0.3 is 0 Å². The molecule has 1 aliphatic rings. The average molecular weight is 518 g/mol. The van der Waals surface area contributed by atoms with Crippen molar-refractivity contribution in [3.8, 4) is 0 Å². The Hall–Kier alpha value is -3.24. The zero-order chi connectivity index (χ0) is 24.9. The lowest BCUT2D eigenvalue weighted by Crippen LogP contribution is -2.54. The first-order chi connectivity index (χ1) is 16.8. The summed E-state index contributed by atoms with van der Waals surface area (Å²) in [7, 11) is 0. The standard InChI is InChI=1S/C24H22ClF2N5O2S/c1-15-13-31(10-11-32(15)23(34)16-6-2-3-7-17(16)26)21-12-20(25)29-24(30-21)35-14-22(33)28-19-9-5-4-8-18(19)27/h2-9,12,15H,10-11,13-14H2,1H3,(H,28,33). The molecule has 2 heterocycles. The summed E-state index contributed by atoms with van der Waals surface area (Å²) in [5, 5.41) is 3.03. The third-order valence-electron chi connectivity index (χ3n) is 5.46. The van der Waals surface area contributed by atoms with Crippen LogP contribution in [0.5, 0.6) is 0 Å². The van der Waals surface area contributed by atoms with E-state index in [1.54, 1.807) is 29.2 Å². The molecule has 35 heavy (non-hydrogen) atoms. The molecule has 1 fully saturated rings. The number of anilines is 2. The first-order valence-electron chi connectivity index (χ1n) is 10.8. The molecule has 1 saturated heterocycles.